The van der Waals surface area contributed by atoms with Crippen molar-refractivity contribution in [2.24, 2.45) is 5.92 Å². The van der Waals surface area contributed by atoms with Crippen LogP contribution in [-0.4, -0.2) is 54.0 Å². The Hall–Kier alpha value is -2.86. The van der Waals surface area contributed by atoms with E-state index in [0.29, 0.717) is 19.6 Å². The van der Waals surface area contributed by atoms with Gasteiger partial charge in [-0.25, -0.2) is 4.79 Å². The molecule has 2 aromatic carbocycles. The number of rotatable bonds is 3. The molecule has 1 saturated heterocycles. The predicted molar refractivity (Wildman–Crippen MR) is 101 cm³/mol. The molecule has 1 amide bonds. The summed E-state index contributed by atoms with van der Waals surface area (Å²) in [6, 6.07) is 16.4. The predicted octanol–water partition coefficient (Wildman–Crippen LogP) is 3.11. The summed E-state index contributed by atoms with van der Waals surface area (Å²) in [7, 11) is 0. The minimum atomic E-state index is -0.866. The minimum absolute atomic E-state index is 0.0130. The van der Waals surface area contributed by atoms with Gasteiger partial charge < -0.3 is 19.5 Å². The van der Waals surface area contributed by atoms with Crippen molar-refractivity contribution < 1.29 is 24.2 Å². The van der Waals surface area contributed by atoms with Crippen LogP contribution in [-0.2, 0) is 14.3 Å². The molecule has 2 fully saturated rings. The maximum atomic E-state index is 12.7. The average molecular weight is 379 g/mol. The molecule has 1 spiro atoms. The van der Waals surface area contributed by atoms with E-state index in [9.17, 15) is 14.7 Å². The fourth-order valence-corrected chi connectivity index (χ4v) is 4.58. The van der Waals surface area contributed by atoms with Crippen molar-refractivity contribution in [3.05, 3.63) is 59.7 Å². The standard InChI is InChI=1S/C22H21NO5/c24-20(25)19-11-22(19)13-23(9-10-28-22)21(26)27-12-18-16-7-3-1-5-14(16)15-6-2-4-8-17(15)18/h1-8,18-19H,9-13H2,(H,24,25). The van der Waals surface area contributed by atoms with Crippen molar-refractivity contribution in [3.8, 4) is 11.1 Å². The molecular weight excluding hydrogens is 358 g/mol. The zero-order chi connectivity index (χ0) is 19.3. The Morgan fingerprint density at radius 3 is 2.36 bits per heavy atom. The highest BCUT2D eigenvalue weighted by molar-refractivity contribution is 5.79. The quantitative estimate of drug-likeness (QED) is 0.887. The first-order valence-electron chi connectivity index (χ1n) is 9.56. The summed E-state index contributed by atoms with van der Waals surface area (Å²) >= 11 is 0. The zero-order valence-electron chi connectivity index (χ0n) is 15.3. The number of hydrogen-bond acceptors (Lipinski definition) is 4. The van der Waals surface area contributed by atoms with Gasteiger partial charge in [-0.2, -0.15) is 0 Å². The van der Waals surface area contributed by atoms with Crippen molar-refractivity contribution >= 4 is 12.1 Å². The van der Waals surface area contributed by atoms with Gasteiger partial charge in [0.2, 0.25) is 0 Å². The Morgan fingerprint density at radius 2 is 1.75 bits per heavy atom. The number of carbonyl (C=O) groups is 2. The molecule has 1 aliphatic heterocycles. The summed E-state index contributed by atoms with van der Waals surface area (Å²) in [6.45, 7) is 1.30. The molecule has 3 aliphatic rings. The first kappa shape index (κ1) is 17.3. The lowest BCUT2D eigenvalue weighted by molar-refractivity contribution is -0.142. The summed E-state index contributed by atoms with van der Waals surface area (Å²) < 4.78 is 11.4. The van der Waals surface area contributed by atoms with E-state index >= 15 is 0 Å². The van der Waals surface area contributed by atoms with E-state index < -0.39 is 23.6 Å². The van der Waals surface area contributed by atoms with Crippen LogP contribution in [0, 0.1) is 5.92 Å². The molecule has 6 nitrogen and oxygen atoms in total. The number of carbonyl (C=O) groups excluding carboxylic acids is 1. The Balaban J connectivity index is 1.29. The number of morpholine rings is 1. The summed E-state index contributed by atoms with van der Waals surface area (Å²) in [5.41, 5.74) is 3.99. The summed E-state index contributed by atoms with van der Waals surface area (Å²) in [6.07, 6.45) is 0.0516. The molecule has 6 heteroatoms. The lowest BCUT2D eigenvalue weighted by Gasteiger charge is -2.33. The molecule has 0 radical (unpaired) electrons. The molecule has 0 bridgehead atoms. The van der Waals surface area contributed by atoms with Crippen LogP contribution in [0.1, 0.15) is 23.5 Å². The molecule has 1 saturated carbocycles. The van der Waals surface area contributed by atoms with E-state index in [1.165, 1.54) is 22.3 Å². The van der Waals surface area contributed by atoms with Crippen molar-refractivity contribution in [2.45, 2.75) is 17.9 Å². The van der Waals surface area contributed by atoms with E-state index in [4.69, 9.17) is 9.47 Å². The van der Waals surface area contributed by atoms with Crippen LogP contribution in [0.5, 0.6) is 0 Å². The molecule has 0 aromatic heterocycles. The van der Waals surface area contributed by atoms with Gasteiger partial charge in [-0.3, -0.25) is 4.79 Å². The van der Waals surface area contributed by atoms with Gasteiger partial charge in [0.15, 0.2) is 0 Å². The van der Waals surface area contributed by atoms with E-state index in [1.807, 2.05) is 24.3 Å². The Kier molecular flexibility index (Phi) is 3.91. The first-order valence-corrected chi connectivity index (χ1v) is 9.56. The number of fused-ring (bicyclic) bond motifs is 3. The van der Waals surface area contributed by atoms with Gasteiger partial charge in [0, 0.05) is 12.5 Å². The molecule has 2 aromatic rings. The fraction of sp³-hybridized carbons (Fsp3) is 0.364. The molecule has 144 valence electrons. The molecule has 1 N–H and O–H groups in total. The van der Waals surface area contributed by atoms with Gasteiger partial charge in [-0.1, -0.05) is 48.5 Å². The molecule has 2 unspecified atom stereocenters. The van der Waals surface area contributed by atoms with Crippen molar-refractivity contribution in [3.63, 3.8) is 0 Å². The number of hydrogen-bond donors (Lipinski definition) is 1. The van der Waals surface area contributed by atoms with E-state index in [-0.39, 0.29) is 19.1 Å². The lowest BCUT2D eigenvalue weighted by Crippen LogP contribution is -2.48. The molecule has 28 heavy (non-hydrogen) atoms. The number of ether oxygens (including phenoxy) is 2. The van der Waals surface area contributed by atoms with E-state index in [0.717, 1.165) is 0 Å². The highest BCUT2D eigenvalue weighted by Crippen LogP contribution is 2.49. The van der Waals surface area contributed by atoms with Gasteiger partial charge in [-0.15, -0.1) is 0 Å². The number of amides is 1. The summed E-state index contributed by atoms with van der Waals surface area (Å²) in [5.74, 6) is -1.38. The third-order valence-corrected chi connectivity index (χ3v) is 6.13. The third-order valence-electron chi connectivity index (χ3n) is 6.13. The normalized spacial score (nSPS) is 25.3. The van der Waals surface area contributed by atoms with Crippen LogP contribution in [0.3, 0.4) is 0 Å². The lowest BCUT2D eigenvalue weighted by atomic mass is 9.98. The average Bonchev–Trinajstić information content (AvgIpc) is 3.31. The van der Waals surface area contributed by atoms with Crippen LogP contribution in [0.15, 0.2) is 48.5 Å². The molecular formula is C22H21NO5. The minimum Gasteiger partial charge on any atom is -0.481 e. The Bertz CT molecular complexity index is 912. The highest BCUT2D eigenvalue weighted by Gasteiger charge is 2.62. The second kappa shape index (κ2) is 6.34. The zero-order valence-corrected chi connectivity index (χ0v) is 15.3. The Labute approximate surface area is 162 Å². The number of nitrogens with zero attached hydrogens (tertiary/aromatic N) is 1. The van der Waals surface area contributed by atoms with E-state index in [1.54, 1.807) is 4.90 Å². The van der Waals surface area contributed by atoms with Crippen LogP contribution >= 0.6 is 0 Å². The van der Waals surface area contributed by atoms with Gasteiger partial charge in [0.1, 0.15) is 12.2 Å². The number of carboxylic acid groups (broad SMARTS) is 1. The largest absolute Gasteiger partial charge is 0.481 e. The van der Waals surface area contributed by atoms with Crippen LogP contribution in [0.2, 0.25) is 0 Å². The summed E-state index contributed by atoms with van der Waals surface area (Å²) in [5, 5.41) is 9.21. The maximum Gasteiger partial charge on any atom is 0.409 e. The number of aliphatic carboxylic acids is 1. The summed E-state index contributed by atoms with van der Waals surface area (Å²) in [4.78, 5) is 25.5. The van der Waals surface area contributed by atoms with Gasteiger partial charge in [-0.05, 0) is 28.7 Å². The highest BCUT2D eigenvalue weighted by atomic mass is 16.6. The monoisotopic (exact) mass is 379 g/mol. The second-order valence-electron chi connectivity index (χ2n) is 7.73. The third kappa shape index (κ3) is 2.67. The molecule has 2 atom stereocenters. The fourth-order valence-electron chi connectivity index (χ4n) is 4.58. The smallest absolute Gasteiger partial charge is 0.409 e. The SMILES string of the molecule is O=C(O)C1CC12CN(C(=O)OCC1c3ccccc3-c3ccccc31)CCO2. The second-order valence-corrected chi connectivity index (χ2v) is 7.73. The topological polar surface area (TPSA) is 76.1 Å². The van der Waals surface area contributed by atoms with Crippen molar-refractivity contribution in [2.75, 3.05) is 26.3 Å². The van der Waals surface area contributed by atoms with Gasteiger partial charge in [0.05, 0.1) is 19.1 Å². The van der Waals surface area contributed by atoms with Gasteiger partial charge >= 0.3 is 12.1 Å². The first-order chi connectivity index (χ1) is 13.6. The van der Waals surface area contributed by atoms with Gasteiger partial charge in [0.25, 0.3) is 0 Å². The van der Waals surface area contributed by atoms with Crippen LogP contribution in [0.4, 0.5) is 4.79 Å². The Morgan fingerprint density at radius 1 is 1.11 bits per heavy atom. The van der Waals surface area contributed by atoms with Crippen molar-refractivity contribution in [1.82, 2.24) is 4.90 Å². The van der Waals surface area contributed by atoms with Crippen LogP contribution < -0.4 is 0 Å². The van der Waals surface area contributed by atoms with E-state index in [2.05, 4.69) is 24.3 Å². The molecule has 1 heterocycles. The van der Waals surface area contributed by atoms with Crippen LogP contribution in [0.25, 0.3) is 11.1 Å². The molecule has 5 rings (SSSR count). The number of benzene rings is 2. The maximum absolute atomic E-state index is 12.7. The van der Waals surface area contributed by atoms with Crippen molar-refractivity contribution in [1.29, 1.82) is 0 Å². The number of carboxylic acids is 1. The molecule has 2 aliphatic carbocycles.